The van der Waals surface area contributed by atoms with Gasteiger partial charge in [-0.2, -0.15) is 0 Å². The number of nitrogens with one attached hydrogen (secondary N) is 1. The Morgan fingerprint density at radius 3 is 3.00 bits per heavy atom. The Bertz CT molecular complexity index is 239. The van der Waals surface area contributed by atoms with Crippen molar-refractivity contribution in [2.45, 2.75) is 51.1 Å². The van der Waals surface area contributed by atoms with E-state index in [4.69, 9.17) is 4.74 Å². The zero-order valence-corrected chi connectivity index (χ0v) is 10.1. The molecule has 2 saturated heterocycles. The first-order valence-corrected chi connectivity index (χ1v) is 6.46. The Labute approximate surface area is 97.3 Å². The fraction of sp³-hybridized carbons (Fsp3) is 0.917. The lowest BCUT2D eigenvalue weighted by Gasteiger charge is -2.35. The molecule has 0 aliphatic carbocycles. The topological polar surface area (TPSA) is 41.6 Å². The molecule has 2 aliphatic rings. The van der Waals surface area contributed by atoms with Gasteiger partial charge in [0, 0.05) is 19.2 Å². The summed E-state index contributed by atoms with van der Waals surface area (Å²) < 4.78 is 5.27. The maximum atomic E-state index is 12.1. The first-order valence-electron chi connectivity index (χ1n) is 6.46. The molecule has 2 heterocycles. The molecule has 2 fully saturated rings. The third-order valence-electron chi connectivity index (χ3n) is 3.62. The number of urea groups is 1. The van der Waals surface area contributed by atoms with Crippen molar-refractivity contribution >= 4 is 6.03 Å². The Balaban J connectivity index is 1.86. The second-order valence-electron chi connectivity index (χ2n) is 4.76. The summed E-state index contributed by atoms with van der Waals surface area (Å²) in [4.78, 5) is 14.1. The molecule has 0 aromatic carbocycles. The van der Waals surface area contributed by atoms with E-state index in [-0.39, 0.29) is 12.1 Å². The van der Waals surface area contributed by atoms with Crippen molar-refractivity contribution in [1.82, 2.24) is 10.2 Å². The van der Waals surface area contributed by atoms with Crippen LogP contribution in [0.25, 0.3) is 0 Å². The summed E-state index contributed by atoms with van der Waals surface area (Å²) in [6.07, 6.45) is 5.58. The van der Waals surface area contributed by atoms with E-state index in [2.05, 4.69) is 12.2 Å². The molecule has 0 saturated carbocycles. The Hall–Kier alpha value is -0.770. The average molecular weight is 226 g/mol. The number of carbonyl (C=O) groups excluding carboxylic acids is 1. The highest BCUT2D eigenvalue weighted by atomic mass is 16.5. The first kappa shape index (κ1) is 11.7. The zero-order chi connectivity index (χ0) is 11.4. The predicted molar refractivity (Wildman–Crippen MR) is 62.4 cm³/mol. The number of piperidine rings is 1. The lowest BCUT2D eigenvalue weighted by molar-refractivity contribution is 0.142. The summed E-state index contributed by atoms with van der Waals surface area (Å²) in [5, 5.41) is 3.07. The molecular formula is C12H22N2O2. The Morgan fingerprint density at radius 1 is 1.44 bits per heavy atom. The van der Waals surface area contributed by atoms with Gasteiger partial charge in [0.1, 0.15) is 0 Å². The lowest BCUT2D eigenvalue weighted by atomic mass is 10.0. The summed E-state index contributed by atoms with van der Waals surface area (Å²) >= 11 is 0. The average Bonchev–Trinajstić information content (AvgIpc) is 2.81. The smallest absolute Gasteiger partial charge is 0.317 e. The molecule has 16 heavy (non-hydrogen) atoms. The van der Waals surface area contributed by atoms with Crippen LogP contribution in [0.15, 0.2) is 0 Å². The summed E-state index contributed by atoms with van der Waals surface area (Å²) in [7, 11) is 0. The van der Waals surface area contributed by atoms with Crippen LogP contribution < -0.4 is 5.32 Å². The molecular weight excluding hydrogens is 204 g/mol. The van der Waals surface area contributed by atoms with E-state index in [1.165, 1.54) is 6.42 Å². The van der Waals surface area contributed by atoms with Crippen molar-refractivity contribution < 1.29 is 9.53 Å². The van der Waals surface area contributed by atoms with E-state index >= 15 is 0 Å². The van der Waals surface area contributed by atoms with Gasteiger partial charge in [0.15, 0.2) is 0 Å². The first-order chi connectivity index (χ1) is 7.81. The summed E-state index contributed by atoms with van der Waals surface area (Å²) in [5.74, 6) is 0. The Morgan fingerprint density at radius 2 is 2.31 bits per heavy atom. The molecule has 1 N–H and O–H groups in total. The lowest BCUT2D eigenvalue weighted by Crippen LogP contribution is -2.51. The van der Waals surface area contributed by atoms with Crippen molar-refractivity contribution in [2.75, 3.05) is 19.8 Å². The molecule has 2 amide bonds. The number of carbonyl (C=O) groups is 1. The second kappa shape index (κ2) is 5.53. The van der Waals surface area contributed by atoms with Crippen LogP contribution in [0.4, 0.5) is 4.79 Å². The number of likely N-dealkylation sites (tertiary alicyclic amines) is 1. The highest BCUT2D eigenvalue weighted by molar-refractivity contribution is 5.75. The molecule has 0 aromatic heterocycles. The number of nitrogens with zero attached hydrogens (tertiary/aromatic N) is 1. The van der Waals surface area contributed by atoms with Gasteiger partial charge in [-0.05, 0) is 32.1 Å². The molecule has 0 spiro atoms. The van der Waals surface area contributed by atoms with Gasteiger partial charge in [0.2, 0.25) is 0 Å². The van der Waals surface area contributed by atoms with Crippen LogP contribution in [0.3, 0.4) is 0 Å². The van der Waals surface area contributed by atoms with Crippen molar-refractivity contribution in [1.29, 1.82) is 0 Å². The normalized spacial score (nSPS) is 30.4. The molecule has 92 valence electrons. The SMILES string of the molecule is CCC1CCCCN1C(=O)NC1CCOC1. The van der Waals surface area contributed by atoms with Gasteiger partial charge in [-0.15, -0.1) is 0 Å². The van der Waals surface area contributed by atoms with Crippen molar-refractivity contribution in [2.24, 2.45) is 0 Å². The van der Waals surface area contributed by atoms with E-state index in [9.17, 15) is 4.79 Å². The van der Waals surface area contributed by atoms with Gasteiger partial charge in [-0.1, -0.05) is 6.92 Å². The van der Waals surface area contributed by atoms with Gasteiger partial charge in [0.25, 0.3) is 0 Å². The van der Waals surface area contributed by atoms with E-state index in [0.717, 1.165) is 38.8 Å². The van der Waals surface area contributed by atoms with Gasteiger partial charge in [-0.25, -0.2) is 4.79 Å². The second-order valence-corrected chi connectivity index (χ2v) is 4.76. The van der Waals surface area contributed by atoms with Crippen LogP contribution in [0.5, 0.6) is 0 Å². The molecule has 0 aromatic rings. The number of hydrogen-bond acceptors (Lipinski definition) is 2. The monoisotopic (exact) mass is 226 g/mol. The molecule has 2 rings (SSSR count). The fourth-order valence-corrected chi connectivity index (χ4v) is 2.60. The summed E-state index contributed by atoms with van der Waals surface area (Å²) in [5.41, 5.74) is 0. The van der Waals surface area contributed by atoms with E-state index in [1.807, 2.05) is 4.90 Å². The highest BCUT2D eigenvalue weighted by Crippen LogP contribution is 2.19. The summed E-state index contributed by atoms with van der Waals surface area (Å²) in [6.45, 7) is 4.53. The maximum absolute atomic E-state index is 12.1. The minimum absolute atomic E-state index is 0.113. The fourth-order valence-electron chi connectivity index (χ4n) is 2.60. The molecule has 0 bridgehead atoms. The number of ether oxygens (including phenoxy) is 1. The van der Waals surface area contributed by atoms with Gasteiger partial charge in [-0.3, -0.25) is 0 Å². The van der Waals surface area contributed by atoms with Crippen molar-refractivity contribution in [3.8, 4) is 0 Å². The minimum Gasteiger partial charge on any atom is -0.379 e. The minimum atomic E-state index is 0.113. The van der Waals surface area contributed by atoms with Crippen LogP contribution in [-0.4, -0.2) is 42.8 Å². The van der Waals surface area contributed by atoms with Crippen LogP contribution in [0.2, 0.25) is 0 Å². The zero-order valence-electron chi connectivity index (χ0n) is 10.1. The summed E-state index contributed by atoms with van der Waals surface area (Å²) in [6, 6.07) is 0.782. The van der Waals surface area contributed by atoms with Crippen LogP contribution in [-0.2, 0) is 4.74 Å². The number of amides is 2. The molecule has 4 heteroatoms. The maximum Gasteiger partial charge on any atom is 0.317 e. The number of rotatable bonds is 2. The Kier molecular flexibility index (Phi) is 4.04. The highest BCUT2D eigenvalue weighted by Gasteiger charge is 2.27. The molecule has 2 aliphatic heterocycles. The van der Waals surface area contributed by atoms with Crippen molar-refractivity contribution in [3.05, 3.63) is 0 Å². The predicted octanol–water partition coefficient (Wildman–Crippen LogP) is 1.75. The van der Waals surface area contributed by atoms with E-state index < -0.39 is 0 Å². The van der Waals surface area contributed by atoms with E-state index in [1.54, 1.807) is 0 Å². The van der Waals surface area contributed by atoms with Gasteiger partial charge >= 0.3 is 6.03 Å². The van der Waals surface area contributed by atoms with Gasteiger partial charge < -0.3 is 15.0 Å². The van der Waals surface area contributed by atoms with Crippen LogP contribution in [0.1, 0.15) is 39.0 Å². The van der Waals surface area contributed by atoms with Crippen molar-refractivity contribution in [3.63, 3.8) is 0 Å². The largest absolute Gasteiger partial charge is 0.379 e. The molecule has 4 nitrogen and oxygen atoms in total. The molecule has 0 radical (unpaired) electrons. The third-order valence-corrected chi connectivity index (χ3v) is 3.62. The quantitative estimate of drug-likeness (QED) is 0.779. The van der Waals surface area contributed by atoms with E-state index in [0.29, 0.717) is 12.6 Å². The van der Waals surface area contributed by atoms with Crippen LogP contribution >= 0.6 is 0 Å². The number of hydrogen-bond donors (Lipinski definition) is 1. The van der Waals surface area contributed by atoms with Gasteiger partial charge in [0.05, 0.1) is 12.6 Å². The molecule has 2 atom stereocenters. The van der Waals surface area contributed by atoms with Crippen LogP contribution in [0, 0.1) is 0 Å². The molecule has 2 unspecified atom stereocenters. The standard InChI is InChI=1S/C12H22N2O2/c1-2-11-5-3-4-7-14(11)12(15)13-10-6-8-16-9-10/h10-11H,2-9H2,1H3,(H,13,15). The third kappa shape index (κ3) is 2.67.